The zero-order valence-corrected chi connectivity index (χ0v) is 10.1. The van der Waals surface area contributed by atoms with E-state index in [-0.39, 0.29) is 18.1 Å². The number of likely N-dealkylation sites (tertiary alicyclic amines) is 2. The van der Waals surface area contributed by atoms with Gasteiger partial charge >= 0.3 is 0 Å². The second kappa shape index (κ2) is 5.15. The molecule has 2 rings (SSSR count). The highest BCUT2D eigenvalue weighted by Gasteiger charge is 2.27. The Kier molecular flexibility index (Phi) is 3.82. The van der Waals surface area contributed by atoms with E-state index in [9.17, 15) is 9.90 Å². The van der Waals surface area contributed by atoms with Gasteiger partial charge in [0.15, 0.2) is 0 Å². The molecule has 1 amide bonds. The highest BCUT2D eigenvalue weighted by atomic mass is 16.3. The Morgan fingerprint density at radius 1 is 1.38 bits per heavy atom. The maximum absolute atomic E-state index is 11.9. The molecule has 0 radical (unpaired) electrons. The van der Waals surface area contributed by atoms with Gasteiger partial charge in [-0.05, 0) is 26.2 Å². The first-order valence-electron chi connectivity index (χ1n) is 6.36. The molecule has 2 heterocycles. The van der Waals surface area contributed by atoms with Crippen LogP contribution < -0.4 is 0 Å². The number of aliphatic hydroxyl groups is 1. The van der Waals surface area contributed by atoms with E-state index >= 15 is 0 Å². The number of hydrogen-bond acceptors (Lipinski definition) is 3. The molecule has 0 aromatic rings. The first-order chi connectivity index (χ1) is 7.66. The Bertz CT molecular complexity index is 251. The van der Waals surface area contributed by atoms with E-state index in [4.69, 9.17) is 0 Å². The van der Waals surface area contributed by atoms with Gasteiger partial charge in [0.25, 0.3) is 0 Å². The fourth-order valence-corrected chi connectivity index (χ4v) is 2.65. The van der Waals surface area contributed by atoms with E-state index in [1.165, 1.54) is 0 Å². The lowest BCUT2D eigenvalue weighted by Gasteiger charge is -2.25. The fourth-order valence-electron chi connectivity index (χ4n) is 2.65. The molecule has 2 unspecified atom stereocenters. The minimum absolute atomic E-state index is 0.190. The van der Waals surface area contributed by atoms with Gasteiger partial charge in [-0.15, -0.1) is 0 Å². The Morgan fingerprint density at radius 3 is 2.62 bits per heavy atom. The first kappa shape index (κ1) is 11.9. The van der Waals surface area contributed by atoms with E-state index in [1.807, 2.05) is 4.90 Å². The number of hydrogen-bond donors (Lipinski definition) is 1. The topological polar surface area (TPSA) is 43.8 Å². The number of carbonyl (C=O) groups excluding carboxylic acids is 1. The molecule has 4 heteroatoms. The van der Waals surface area contributed by atoms with E-state index in [0.29, 0.717) is 6.42 Å². The molecule has 0 saturated carbocycles. The lowest BCUT2D eigenvalue weighted by molar-refractivity contribution is -0.131. The summed E-state index contributed by atoms with van der Waals surface area (Å²) in [6, 6.07) is 0.269. The summed E-state index contributed by atoms with van der Waals surface area (Å²) >= 11 is 0. The number of carbonyl (C=O) groups is 1. The van der Waals surface area contributed by atoms with Crippen molar-refractivity contribution in [2.75, 3.05) is 26.2 Å². The number of amides is 1. The minimum atomic E-state index is -0.190. The van der Waals surface area contributed by atoms with Crippen LogP contribution in [-0.4, -0.2) is 59.1 Å². The zero-order chi connectivity index (χ0) is 11.5. The predicted molar refractivity (Wildman–Crippen MR) is 62.1 cm³/mol. The Hall–Kier alpha value is -0.610. The van der Waals surface area contributed by atoms with Gasteiger partial charge in [-0.25, -0.2) is 0 Å². The SMILES string of the molecule is CC(CC(=O)N1CCCC1)N1CCC(O)C1. The normalized spacial score (nSPS) is 28.6. The molecule has 0 spiro atoms. The monoisotopic (exact) mass is 226 g/mol. The van der Waals surface area contributed by atoms with Gasteiger partial charge in [0.05, 0.1) is 6.10 Å². The number of nitrogens with zero attached hydrogens (tertiary/aromatic N) is 2. The summed E-state index contributed by atoms with van der Waals surface area (Å²) < 4.78 is 0. The average Bonchev–Trinajstić information content (AvgIpc) is 2.87. The molecule has 0 aromatic carbocycles. The van der Waals surface area contributed by atoms with Crippen molar-refractivity contribution in [3.05, 3.63) is 0 Å². The summed E-state index contributed by atoms with van der Waals surface area (Å²) in [4.78, 5) is 16.1. The molecule has 16 heavy (non-hydrogen) atoms. The van der Waals surface area contributed by atoms with Crippen LogP contribution in [0.15, 0.2) is 0 Å². The quantitative estimate of drug-likeness (QED) is 0.760. The fraction of sp³-hybridized carbons (Fsp3) is 0.917. The largest absolute Gasteiger partial charge is 0.392 e. The van der Waals surface area contributed by atoms with Gasteiger partial charge in [-0.1, -0.05) is 0 Å². The van der Waals surface area contributed by atoms with Gasteiger partial charge < -0.3 is 10.0 Å². The van der Waals surface area contributed by atoms with Crippen molar-refractivity contribution in [2.24, 2.45) is 0 Å². The van der Waals surface area contributed by atoms with Crippen molar-refractivity contribution < 1.29 is 9.90 Å². The van der Waals surface area contributed by atoms with Crippen molar-refractivity contribution >= 4 is 5.91 Å². The van der Waals surface area contributed by atoms with Gasteiger partial charge in [-0.2, -0.15) is 0 Å². The zero-order valence-electron chi connectivity index (χ0n) is 10.1. The highest BCUT2D eigenvalue weighted by molar-refractivity contribution is 5.77. The van der Waals surface area contributed by atoms with Crippen LogP contribution >= 0.6 is 0 Å². The van der Waals surface area contributed by atoms with Crippen LogP contribution in [0.2, 0.25) is 0 Å². The van der Waals surface area contributed by atoms with E-state index in [0.717, 1.165) is 45.4 Å². The van der Waals surface area contributed by atoms with Gasteiger partial charge in [-0.3, -0.25) is 9.69 Å². The summed E-state index contributed by atoms with van der Waals surface area (Å²) in [6.45, 7) is 5.62. The first-order valence-corrected chi connectivity index (χ1v) is 6.36. The molecule has 4 nitrogen and oxygen atoms in total. The molecule has 2 saturated heterocycles. The van der Waals surface area contributed by atoms with Gasteiger partial charge in [0.2, 0.25) is 5.91 Å². The maximum Gasteiger partial charge on any atom is 0.224 e. The summed E-state index contributed by atoms with van der Waals surface area (Å²) in [7, 11) is 0. The molecular weight excluding hydrogens is 204 g/mol. The molecule has 92 valence electrons. The van der Waals surface area contributed by atoms with Crippen LogP contribution in [0, 0.1) is 0 Å². The predicted octanol–water partition coefficient (Wildman–Crippen LogP) is 0.454. The van der Waals surface area contributed by atoms with E-state index < -0.39 is 0 Å². The van der Waals surface area contributed by atoms with Gasteiger partial charge in [0.1, 0.15) is 0 Å². The third-order valence-corrected chi connectivity index (χ3v) is 3.75. The van der Waals surface area contributed by atoms with Crippen LogP contribution in [0.1, 0.15) is 32.6 Å². The van der Waals surface area contributed by atoms with E-state index in [2.05, 4.69) is 11.8 Å². The van der Waals surface area contributed by atoms with Crippen molar-refractivity contribution in [3.63, 3.8) is 0 Å². The number of rotatable bonds is 3. The summed E-state index contributed by atoms with van der Waals surface area (Å²) in [5, 5.41) is 9.46. The molecule has 0 bridgehead atoms. The molecule has 2 aliphatic heterocycles. The van der Waals surface area contributed by atoms with Crippen LogP contribution in [0.4, 0.5) is 0 Å². The summed E-state index contributed by atoms with van der Waals surface area (Å²) in [6.07, 6.45) is 3.57. The third-order valence-electron chi connectivity index (χ3n) is 3.75. The lowest BCUT2D eigenvalue weighted by Crippen LogP contribution is -2.37. The highest BCUT2D eigenvalue weighted by Crippen LogP contribution is 2.17. The minimum Gasteiger partial charge on any atom is -0.392 e. The second-order valence-corrected chi connectivity index (χ2v) is 5.08. The second-order valence-electron chi connectivity index (χ2n) is 5.08. The molecule has 2 aliphatic rings. The smallest absolute Gasteiger partial charge is 0.224 e. The Morgan fingerprint density at radius 2 is 2.06 bits per heavy atom. The maximum atomic E-state index is 11.9. The Balaban J connectivity index is 1.77. The molecule has 2 atom stereocenters. The molecule has 2 fully saturated rings. The molecular formula is C12H22N2O2. The third kappa shape index (κ3) is 2.74. The standard InChI is InChI=1S/C12H22N2O2/c1-10(14-7-4-11(15)9-14)8-12(16)13-5-2-3-6-13/h10-11,15H,2-9H2,1H3. The summed E-state index contributed by atoms with van der Waals surface area (Å²) in [5.41, 5.74) is 0. The van der Waals surface area contributed by atoms with Gasteiger partial charge in [0, 0.05) is 38.6 Å². The number of β-amino-alcohol motifs (C(OH)–C–C–N with tert-alkyl or cyclic N) is 1. The lowest BCUT2D eigenvalue weighted by atomic mass is 10.2. The summed E-state index contributed by atoms with van der Waals surface area (Å²) in [5.74, 6) is 0.284. The van der Waals surface area contributed by atoms with Crippen molar-refractivity contribution in [2.45, 2.75) is 44.8 Å². The number of aliphatic hydroxyl groups excluding tert-OH is 1. The van der Waals surface area contributed by atoms with E-state index in [1.54, 1.807) is 0 Å². The van der Waals surface area contributed by atoms with Crippen LogP contribution in [-0.2, 0) is 4.79 Å². The van der Waals surface area contributed by atoms with Crippen molar-refractivity contribution in [3.8, 4) is 0 Å². The van der Waals surface area contributed by atoms with Crippen molar-refractivity contribution in [1.82, 2.24) is 9.80 Å². The average molecular weight is 226 g/mol. The molecule has 0 aliphatic carbocycles. The van der Waals surface area contributed by atoms with Crippen LogP contribution in [0.3, 0.4) is 0 Å². The Labute approximate surface area is 97.2 Å². The molecule has 0 aromatic heterocycles. The van der Waals surface area contributed by atoms with Crippen LogP contribution in [0.25, 0.3) is 0 Å². The molecule has 1 N–H and O–H groups in total. The van der Waals surface area contributed by atoms with Crippen molar-refractivity contribution in [1.29, 1.82) is 0 Å². The van der Waals surface area contributed by atoms with Crippen LogP contribution in [0.5, 0.6) is 0 Å².